The molecule has 0 saturated carbocycles. The molecule has 0 N–H and O–H groups in total. The smallest absolute Gasteiger partial charge is 0.346 e. The van der Waals surface area contributed by atoms with Gasteiger partial charge < -0.3 is 9.15 Å². The van der Waals surface area contributed by atoms with Crippen LogP contribution in [0, 0.1) is 0 Å². The number of fused-ring (bicyclic) bond motifs is 4. The monoisotopic (exact) mass is 423 g/mol. The number of benzene rings is 3. The van der Waals surface area contributed by atoms with Gasteiger partial charge in [-0.2, -0.15) is 0 Å². The summed E-state index contributed by atoms with van der Waals surface area (Å²) in [4.78, 5) is 17.3. The lowest BCUT2D eigenvalue weighted by atomic mass is 10.0. The highest BCUT2D eigenvalue weighted by Crippen LogP contribution is 2.39. The standard InChI is InChI=1S/C26H17NO3S/c1-29-19-7-9-24-18(12-19)13-22(26(28)30-24)25-27-23(14-31-25)16-6-8-21-17(11-16)10-15-4-2-3-5-20(15)21/h2-9,11-14H,10H2,1H3. The predicted octanol–water partition coefficient (Wildman–Crippen LogP) is 6.16. The second kappa shape index (κ2) is 6.93. The third-order valence-electron chi connectivity index (χ3n) is 5.76. The van der Waals surface area contributed by atoms with E-state index in [-0.39, 0.29) is 5.63 Å². The Kier molecular flexibility index (Phi) is 4.04. The number of nitrogens with zero attached hydrogens (tertiary/aromatic N) is 1. The Bertz CT molecular complexity index is 1530. The lowest BCUT2D eigenvalue weighted by molar-refractivity contribution is 0.415. The van der Waals surface area contributed by atoms with Gasteiger partial charge in [0.25, 0.3) is 0 Å². The number of methoxy groups -OCH3 is 1. The van der Waals surface area contributed by atoms with Crippen molar-refractivity contribution in [1.29, 1.82) is 0 Å². The SMILES string of the molecule is COc1ccc2oc(=O)c(-c3nc(-c4ccc5c(c4)Cc4ccccc4-5)cs3)cc2c1. The second-order valence-electron chi connectivity index (χ2n) is 7.60. The molecule has 5 heteroatoms. The molecule has 0 aliphatic heterocycles. The molecule has 0 bridgehead atoms. The molecule has 0 spiro atoms. The molecule has 1 aliphatic rings. The van der Waals surface area contributed by atoms with Crippen molar-refractivity contribution in [2.75, 3.05) is 7.11 Å². The molecule has 31 heavy (non-hydrogen) atoms. The normalized spacial score (nSPS) is 12.0. The summed E-state index contributed by atoms with van der Waals surface area (Å²) in [5.41, 5.74) is 7.80. The van der Waals surface area contributed by atoms with Gasteiger partial charge in [-0.15, -0.1) is 11.3 Å². The molecule has 2 aromatic heterocycles. The minimum absolute atomic E-state index is 0.386. The molecular weight excluding hydrogens is 406 g/mol. The van der Waals surface area contributed by atoms with Crippen LogP contribution in [0.3, 0.4) is 0 Å². The summed E-state index contributed by atoms with van der Waals surface area (Å²) < 4.78 is 10.8. The van der Waals surface area contributed by atoms with Gasteiger partial charge in [0.1, 0.15) is 16.3 Å². The van der Waals surface area contributed by atoms with Crippen LogP contribution in [-0.4, -0.2) is 12.1 Å². The molecule has 6 rings (SSSR count). The van der Waals surface area contributed by atoms with Crippen LogP contribution >= 0.6 is 11.3 Å². The first-order valence-corrected chi connectivity index (χ1v) is 10.9. The lowest BCUT2D eigenvalue weighted by Gasteiger charge is -2.04. The van der Waals surface area contributed by atoms with Gasteiger partial charge in [0, 0.05) is 16.3 Å². The summed E-state index contributed by atoms with van der Waals surface area (Å²) in [7, 11) is 1.61. The summed E-state index contributed by atoms with van der Waals surface area (Å²) >= 11 is 1.45. The maximum atomic E-state index is 12.6. The zero-order chi connectivity index (χ0) is 20.9. The fraction of sp³-hybridized carbons (Fsp3) is 0.0769. The molecule has 1 aliphatic carbocycles. The fourth-order valence-corrected chi connectivity index (χ4v) is 5.04. The highest BCUT2D eigenvalue weighted by Gasteiger charge is 2.19. The Hall–Kier alpha value is -3.70. The molecule has 0 atom stereocenters. The van der Waals surface area contributed by atoms with Crippen molar-refractivity contribution >= 4 is 22.3 Å². The second-order valence-corrected chi connectivity index (χ2v) is 8.45. The highest BCUT2D eigenvalue weighted by atomic mass is 32.1. The van der Waals surface area contributed by atoms with Crippen LogP contribution in [0.1, 0.15) is 11.1 Å². The Morgan fingerprint density at radius 3 is 2.71 bits per heavy atom. The Morgan fingerprint density at radius 2 is 1.81 bits per heavy atom. The zero-order valence-electron chi connectivity index (χ0n) is 16.7. The van der Waals surface area contributed by atoms with Gasteiger partial charge in [-0.3, -0.25) is 0 Å². The van der Waals surface area contributed by atoms with E-state index in [4.69, 9.17) is 14.1 Å². The Labute approximate surface area is 182 Å². The van der Waals surface area contributed by atoms with Gasteiger partial charge in [0.2, 0.25) is 0 Å². The molecule has 0 saturated heterocycles. The average molecular weight is 423 g/mol. The molecule has 150 valence electrons. The van der Waals surface area contributed by atoms with Crippen molar-refractivity contribution in [3.05, 3.63) is 93.7 Å². The van der Waals surface area contributed by atoms with Crippen LogP contribution in [0.2, 0.25) is 0 Å². The molecule has 0 fully saturated rings. The van der Waals surface area contributed by atoms with Gasteiger partial charge in [0.15, 0.2) is 0 Å². The van der Waals surface area contributed by atoms with Crippen molar-refractivity contribution in [3.63, 3.8) is 0 Å². The number of aromatic nitrogens is 1. The first-order valence-electron chi connectivity index (χ1n) is 9.99. The fourth-order valence-electron chi connectivity index (χ4n) is 4.21. The number of ether oxygens (including phenoxy) is 1. The van der Waals surface area contributed by atoms with Crippen LogP contribution in [0.15, 0.2) is 81.3 Å². The van der Waals surface area contributed by atoms with Crippen molar-refractivity contribution in [1.82, 2.24) is 4.98 Å². The van der Waals surface area contributed by atoms with E-state index in [1.165, 1.54) is 33.6 Å². The molecular formula is C26H17NO3S. The quantitative estimate of drug-likeness (QED) is 0.320. The van der Waals surface area contributed by atoms with Crippen LogP contribution in [0.4, 0.5) is 0 Å². The minimum Gasteiger partial charge on any atom is -0.497 e. The van der Waals surface area contributed by atoms with Crippen molar-refractivity contribution in [2.45, 2.75) is 6.42 Å². The predicted molar refractivity (Wildman–Crippen MR) is 124 cm³/mol. The first-order chi connectivity index (χ1) is 15.2. The minimum atomic E-state index is -0.386. The van der Waals surface area contributed by atoms with Crippen LogP contribution in [0.25, 0.3) is 43.9 Å². The summed E-state index contributed by atoms with van der Waals surface area (Å²) in [5, 5.41) is 3.45. The number of hydrogen-bond donors (Lipinski definition) is 0. The third kappa shape index (κ3) is 2.97. The Morgan fingerprint density at radius 1 is 0.935 bits per heavy atom. The largest absolute Gasteiger partial charge is 0.497 e. The van der Waals surface area contributed by atoms with Gasteiger partial charge >= 0.3 is 5.63 Å². The topological polar surface area (TPSA) is 52.3 Å². The van der Waals surface area contributed by atoms with E-state index in [1.807, 2.05) is 17.5 Å². The highest BCUT2D eigenvalue weighted by molar-refractivity contribution is 7.13. The van der Waals surface area contributed by atoms with Crippen molar-refractivity contribution in [3.8, 4) is 38.7 Å². The summed E-state index contributed by atoms with van der Waals surface area (Å²) in [6.07, 6.45) is 0.937. The van der Waals surface area contributed by atoms with Crippen LogP contribution < -0.4 is 10.4 Å². The van der Waals surface area contributed by atoms with E-state index in [0.29, 0.717) is 21.9 Å². The van der Waals surface area contributed by atoms with Crippen LogP contribution in [0.5, 0.6) is 5.75 Å². The van der Waals surface area contributed by atoms with Gasteiger partial charge in [0.05, 0.1) is 18.4 Å². The average Bonchev–Trinajstić information content (AvgIpc) is 3.43. The van der Waals surface area contributed by atoms with Gasteiger partial charge in [-0.05, 0) is 59.0 Å². The maximum absolute atomic E-state index is 12.6. The van der Waals surface area contributed by atoms with Crippen molar-refractivity contribution in [2.24, 2.45) is 0 Å². The van der Waals surface area contributed by atoms with E-state index in [0.717, 1.165) is 23.1 Å². The molecule has 5 aromatic rings. The number of hydrogen-bond acceptors (Lipinski definition) is 5. The van der Waals surface area contributed by atoms with E-state index in [9.17, 15) is 4.79 Å². The molecule has 0 radical (unpaired) electrons. The first kappa shape index (κ1) is 18.1. The van der Waals surface area contributed by atoms with Gasteiger partial charge in [-0.1, -0.05) is 36.4 Å². The summed E-state index contributed by atoms with van der Waals surface area (Å²) in [6.45, 7) is 0. The van der Waals surface area contributed by atoms with Gasteiger partial charge in [-0.25, -0.2) is 9.78 Å². The maximum Gasteiger partial charge on any atom is 0.346 e. The molecule has 3 aromatic carbocycles. The van der Waals surface area contributed by atoms with Crippen molar-refractivity contribution < 1.29 is 9.15 Å². The van der Waals surface area contributed by atoms with E-state index >= 15 is 0 Å². The molecule has 0 unspecified atom stereocenters. The molecule has 0 amide bonds. The lowest BCUT2D eigenvalue weighted by Crippen LogP contribution is -2.02. The summed E-state index contributed by atoms with van der Waals surface area (Å²) in [5.74, 6) is 0.714. The number of thiazole rings is 1. The molecule has 2 heterocycles. The van der Waals surface area contributed by atoms with E-state index < -0.39 is 0 Å². The molecule has 4 nitrogen and oxygen atoms in total. The summed E-state index contributed by atoms with van der Waals surface area (Å²) in [6, 6.07) is 22.2. The third-order valence-corrected chi connectivity index (χ3v) is 6.64. The number of rotatable bonds is 3. The van der Waals surface area contributed by atoms with E-state index in [2.05, 4.69) is 42.5 Å². The Balaban J connectivity index is 1.39. The van der Waals surface area contributed by atoms with Crippen LogP contribution in [-0.2, 0) is 6.42 Å². The van der Waals surface area contributed by atoms with E-state index in [1.54, 1.807) is 19.2 Å². The zero-order valence-corrected chi connectivity index (χ0v) is 17.5.